The number of anilines is 1. The van der Waals surface area contributed by atoms with Crippen LogP contribution < -0.4 is 4.90 Å². The van der Waals surface area contributed by atoms with Crippen LogP contribution in [0.2, 0.25) is 5.02 Å². The number of nitrogens with zero attached hydrogens (tertiary/aromatic N) is 3. The van der Waals surface area contributed by atoms with E-state index in [0.29, 0.717) is 42.3 Å². The third-order valence-electron chi connectivity index (χ3n) is 5.35. The lowest BCUT2D eigenvalue weighted by Gasteiger charge is -2.38. The van der Waals surface area contributed by atoms with E-state index in [1.54, 1.807) is 36.1 Å². The average molecular weight is 398 g/mol. The van der Waals surface area contributed by atoms with Gasteiger partial charge in [-0.25, -0.2) is 0 Å². The molecule has 0 N–H and O–H groups in total. The molecule has 2 aliphatic rings. The summed E-state index contributed by atoms with van der Waals surface area (Å²) < 4.78 is 0. The highest BCUT2D eigenvalue weighted by molar-refractivity contribution is 6.30. The van der Waals surface area contributed by atoms with Crippen LogP contribution in [0.3, 0.4) is 0 Å². The number of amides is 3. The van der Waals surface area contributed by atoms with Gasteiger partial charge in [-0.1, -0.05) is 23.7 Å². The van der Waals surface area contributed by atoms with Gasteiger partial charge in [-0.15, -0.1) is 0 Å². The van der Waals surface area contributed by atoms with Crippen LogP contribution in [-0.4, -0.2) is 59.7 Å². The minimum atomic E-state index is -0.825. The van der Waals surface area contributed by atoms with Gasteiger partial charge >= 0.3 is 0 Å². The highest BCUT2D eigenvalue weighted by Gasteiger charge is 2.42. The van der Waals surface area contributed by atoms with Gasteiger partial charge in [0.05, 0.1) is 11.1 Å². The van der Waals surface area contributed by atoms with Crippen molar-refractivity contribution >= 4 is 35.0 Å². The van der Waals surface area contributed by atoms with Crippen LogP contribution in [0.5, 0.6) is 0 Å². The summed E-state index contributed by atoms with van der Waals surface area (Å²) in [6.45, 7) is 4.06. The molecule has 0 unspecified atom stereocenters. The van der Waals surface area contributed by atoms with Gasteiger partial charge < -0.3 is 9.80 Å². The number of imide groups is 1. The molecule has 2 aromatic carbocycles. The Morgan fingerprint density at radius 3 is 1.96 bits per heavy atom. The summed E-state index contributed by atoms with van der Waals surface area (Å²) in [6, 6.07) is 13.5. The molecule has 0 bridgehead atoms. The van der Waals surface area contributed by atoms with Crippen molar-refractivity contribution in [2.45, 2.75) is 13.0 Å². The molecule has 1 fully saturated rings. The lowest BCUT2D eigenvalue weighted by atomic mass is 10.1. The molecule has 0 radical (unpaired) electrons. The number of hydrogen-bond acceptors (Lipinski definition) is 4. The third kappa shape index (κ3) is 3.14. The van der Waals surface area contributed by atoms with Crippen molar-refractivity contribution in [2.75, 3.05) is 31.1 Å². The molecule has 0 aromatic heterocycles. The Kier molecular flexibility index (Phi) is 4.81. The number of piperazine rings is 1. The summed E-state index contributed by atoms with van der Waals surface area (Å²) in [7, 11) is 0. The second-order valence-electron chi connectivity index (χ2n) is 6.99. The zero-order chi connectivity index (χ0) is 19.8. The summed E-state index contributed by atoms with van der Waals surface area (Å²) in [5, 5.41) is 0.687. The number of carbonyl (C=O) groups excluding carboxylic acids is 3. The van der Waals surface area contributed by atoms with E-state index in [1.807, 2.05) is 24.3 Å². The summed E-state index contributed by atoms with van der Waals surface area (Å²) in [5.41, 5.74) is 1.78. The van der Waals surface area contributed by atoms with E-state index < -0.39 is 17.9 Å². The SMILES string of the molecule is C[C@@H](C(=O)N1CCN(c2ccc(Cl)cc2)CC1)N1C(=O)c2ccccc2C1=O. The van der Waals surface area contributed by atoms with E-state index >= 15 is 0 Å². The van der Waals surface area contributed by atoms with Crippen LogP contribution in [0.4, 0.5) is 5.69 Å². The predicted octanol–water partition coefficient (Wildman–Crippen LogP) is 2.67. The molecule has 0 saturated carbocycles. The first-order valence-corrected chi connectivity index (χ1v) is 9.61. The Morgan fingerprint density at radius 1 is 0.893 bits per heavy atom. The van der Waals surface area contributed by atoms with E-state index in [-0.39, 0.29) is 5.91 Å². The Hall–Kier alpha value is -2.86. The van der Waals surface area contributed by atoms with Gasteiger partial charge in [0.1, 0.15) is 6.04 Å². The van der Waals surface area contributed by atoms with Gasteiger partial charge in [-0.2, -0.15) is 0 Å². The van der Waals surface area contributed by atoms with Gasteiger partial charge in [-0.05, 0) is 43.3 Å². The smallest absolute Gasteiger partial charge is 0.262 e. The number of benzene rings is 2. The quantitative estimate of drug-likeness (QED) is 0.747. The van der Waals surface area contributed by atoms with Crippen molar-refractivity contribution in [3.8, 4) is 0 Å². The van der Waals surface area contributed by atoms with Crippen molar-refractivity contribution in [2.24, 2.45) is 0 Å². The van der Waals surface area contributed by atoms with Crippen molar-refractivity contribution in [1.82, 2.24) is 9.80 Å². The van der Waals surface area contributed by atoms with Gasteiger partial charge in [0, 0.05) is 36.9 Å². The van der Waals surface area contributed by atoms with Gasteiger partial charge in [0.2, 0.25) is 5.91 Å². The Morgan fingerprint density at radius 2 is 1.43 bits per heavy atom. The Balaban J connectivity index is 1.42. The molecule has 28 heavy (non-hydrogen) atoms. The normalized spacial score (nSPS) is 17.7. The van der Waals surface area contributed by atoms with Crippen LogP contribution in [0.15, 0.2) is 48.5 Å². The molecule has 3 amide bonds. The van der Waals surface area contributed by atoms with E-state index in [2.05, 4.69) is 4.90 Å². The van der Waals surface area contributed by atoms with Crippen LogP contribution in [0.25, 0.3) is 0 Å². The molecular weight excluding hydrogens is 378 g/mol. The molecule has 2 aromatic rings. The highest BCUT2D eigenvalue weighted by Crippen LogP contribution is 2.26. The summed E-state index contributed by atoms with van der Waals surface area (Å²) >= 11 is 5.94. The third-order valence-corrected chi connectivity index (χ3v) is 5.61. The maximum absolute atomic E-state index is 13.0. The van der Waals surface area contributed by atoms with E-state index in [9.17, 15) is 14.4 Å². The topological polar surface area (TPSA) is 60.9 Å². The number of halogens is 1. The molecule has 2 heterocycles. The van der Waals surface area contributed by atoms with Crippen LogP contribution in [0, 0.1) is 0 Å². The zero-order valence-corrected chi connectivity index (χ0v) is 16.2. The fraction of sp³-hybridized carbons (Fsp3) is 0.286. The molecule has 1 atom stereocenters. The maximum atomic E-state index is 13.0. The van der Waals surface area contributed by atoms with E-state index in [1.165, 1.54) is 0 Å². The van der Waals surface area contributed by atoms with Crippen molar-refractivity contribution < 1.29 is 14.4 Å². The van der Waals surface area contributed by atoms with Gasteiger partial charge in [-0.3, -0.25) is 19.3 Å². The molecule has 4 rings (SSSR count). The summed E-state index contributed by atoms with van der Waals surface area (Å²) in [5.74, 6) is -1.01. The molecule has 1 saturated heterocycles. The highest BCUT2D eigenvalue weighted by atomic mass is 35.5. The molecule has 144 valence electrons. The molecule has 7 heteroatoms. The first-order valence-electron chi connectivity index (χ1n) is 9.23. The Bertz CT molecular complexity index is 901. The lowest BCUT2D eigenvalue weighted by molar-refractivity contribution is -0.135. The second-order valence-corrected chi connectivity index (χ2v) is 7.43. The molecule has 0 spiro atoms. The van der Waals surface area contributed by atoms with Crippen molar-refractivity contribution in [1.29, 1.82) is 0 Å². The second kappa shape index (κ2) is 7.28. The maximum Gasteiger partial charge on any atom is 0.262 e. The molecule has 0 aliphatic carbocycles. The van der Waals surface area contributed by atoms with Gasteiger partial charge in [0.25, 0.3) is 11.8 Å². The standard InChI is InChI=1S/C21H20ClN3O3/c1-14(25-20(27)17-4-2-3-5-18(17)21(25)28)19(26)24-12-10-23(11-13-24)16-8-6-15(22)7-9-16/h2-9,14H,10-13H2,1H3/t14-/m0/s1. The number of carbonyl (C=O) groups is 3. The average Bonchev–Trinajstić information content (AvgIpc) is 2.98. The number of rotatable bonds is 3. The molecule has 2 aliphatic heterocycles. The number of fused-ring (bicyclic) bond motifs is 1. The summed E-state index contributed by atoms with van der Waals surface area (Å²) in [6.07, 6.45) is 0. The van der Waals surface area contributed by atoms with Crippen molar-refractivity contribution in [3.05, 3.63) is 64.7 Å². The lowest BCUT2D eigenvalue weighted by Crippen LogP contribution is -2.55. The van der Waals surface area contributed by atoms with Gasteiger partial charge in [0.15, 0.2) is 0 Å². The van der Waals surface area contributed by atoms with E-state index in [0.717, 1.165) is 10.6 Å². The fourth-order valence-corrected chi connectivity index (χ4v) is 3.90. The van der Waals surface area contributed by atoms with Crippen molar-refractivity contribution in [3.63, 3.8) is 0 Å². The predicted molar refractivity (Wildman–Crippen MR) is 107 cm³/mol. The largest absolute Gasteiger partial charge is 0.368 e. The first kappa shape index (κ1) is 18.5. The first-order chi connectivity index (χ1) is 13.5. The minimum Gasteiger partial charge on any atom is -0.368 e. The monoisotopic (exact) mass is 397 g/mol. The fourth-order valence-electron chi connectivity index (χ4n) is 3.77. The van der Waals surface area contributed by atoms with Crippen LogP contribution >= 0.6 is 11.6 Å². The minimum absolute atomic E-state index is 0.203. The zero-order valence-electron chi connectivity index (χ0n) is 15.5. The molecular formula is C21H20ClN3O3. The van der Waals surface area contributed by atoms with Crippen LogP contribution in [-0.2, 0) is 4.79 Å². The Labute approximate surface area is 168 Å². The molecule has 6 nitrogen and oxygen atoms in total. The summed E-state index contributed by atoms with van der Waals surface area (Å²) in [4.78, 5) is 43.2. The number of hydrogen-bond donors (Lipinski definition) is 0. The van der Waals surface area contributed by atoms with Crippen LogP contribution in [0.1, 0.15) is 27.6 Å². The van der Waals surface area contributed by atoms with E-state index in [4.69, 9.17) is 11.6 Å².